The van der Waals surface area contributed by atoms with Gasteiger partial charge in [0.1, 0.15) is 0 Å². The number of nitrogens with one attached hydrogen (secondary N) is 1. The van der Waals surface area contributed by atoms with Crippen molar-refractivity contribution in [2.45, 2.75) is 51.0 Å². The Morgan fingerprint density at radius 3 is 2.53 bits per heavy atom. The van der Waals surface area contributed by atoms with Crippen LogP contribution in [0, 0.1) is 0 Å². The third-order valence-corrected chi connectivity index (χ3v) is 3.90. The van der Waals surface area contributed by atoms with Crippen LogP contribution < -0.4 is 5.32 Å². The minimum atomic E-state index is -0.656. The zero-order valence-corrected chi connectivity index (χ0v) is 11.6. The fourth-order valence-electron chi connectivity index (χ4n) is 2.31. The van der Waals surface area contributed by atoms with Crippen molar-refractivity contribution < 1.29 is 9.90 Å². The zero-order valence-electron chi connectivity index (χ0n) is 11.6. The standard InChI is InChI=1S/C16H23NO2/c1-2-3-5-13-6-8-14(9-7-13)15(18)17-12-16(19)10-4-11-16/h6-9,19H,2-5,10-12H2,1H3,(H,17,18). The van der Waals surface area contributed by atoms with Crippen molar-refractivity contribution in [3.63, 3.8) is 0 Å². The van der Waals surface area contributed by atoms with Gasteiger partial charge in [-0.05, 0) is 49.8 Å². The van der Waals surface area contributed by atoms with Gasteiger partial charge in [-0.2, -0.15) is 0 Å². The highest BCUT2D eigenvalue weighted by Crippen LogP contribution is 2.30. The molecular weight excluding hydrogens is 238 g/mol. The highest BCUT2D eigenvalue weighted by Gasteiger charge is 2.34. The lowest BCUT2D eigenvalue weighted by Crippen LogP contribution is -2.47. The van der Waals surface area contributed by atoms with E-state index in [2.05, 4.69) is 12.2 Å². The lowest BCUT2D eigenvalue weighted by atomic mass is 9.80. The molecule has 0 radical (unpaired) electrons. The number of amides is 1. The van der Waals surface area contributed by atoms with Gasteiger partial charge in [0, 0.05) is 12.1 Å². The highest BCUT2D eigenvalue weighted by atomic mass is 16.3. The number of unbranched alkanes of at least 4 members (excludes halogenated alkanes) is 1. The van der Waals surface area contributed by atoms with E-state index in [-0.39, 0.29) is 5.91 Å². The van der Waals surface area contributed by atoms with E-state index in [1.807, 2.05) is 24.3 Å². The number of rotatable bonds is 6. The smallest absolute Gasteiger partial charge is 0.251 e. The van der Waals surface area contributed by atoms with Crippen LogP contribution in [0.5, 0.6) is 0 Å². The number of carbonyl (C=O) groups excluding carboxylic acids is 1. The summed E-state index contributed by atoms with van der Waals surface area (Å²) in [6.07, 6.45) is 6.07. The summed E-state index contributed by atoms with van der Waals surface area (Å²) in [7, 11) is 0. The monoisotopic (exact) mass is 261 g/mol. The van der Waals surface area contributed by atoms with Gasteiger partial charge in [0.15, 0.2) is 0 Å². The number of carbonyl (C=O) groups is 1. The Morgan fingerprint density at radius 1 is 1.32 bits per heavy atom. The van der Waals surface area contributed by atoms with Crippen LogP contribution in [0.25, 0.3) is 0 Å². The largest absolute Gasteiger partial charge is 0.388 e. The molecule has 0 atom stereocenters. The average molecular weight is 261 g/mol. The van der Waals surface area contributed by atoms with Crippen molar-refractivity contribution in [3.05, 3.63) is 35.4 Å². The highest BCUT2D eigenvalue weighted by molar-refractivity contribution is 5.94. The summed E-state index contributed by atoms with van der Waals surface area (Å²) in [6, 6.07) is 7.77. The van der Waals surface area contributed by atoms with Crippen LogP contribution in [-0.4, -0.2) is 23.2 Å². The predicted octanol–water partition coefficient (Wildman–Crippen LogP) is 2.67. The second-order valence-electron chi connectivity index (χ2n) is 5.56. The third-order valence-electron chi connectivity index (χ3n) is 3.90. The van der Waals surface area contributed by atoms with Gasteiger partial charge in [0.05, 0.1) is 5.60 Å². The predicted molar refractivity (Wildman–Crippen MR) is 76.2 cm³/mol. The minimum absolute atomic E-state index is 0.0950. The van der Waals surface area contributed by atoms with E-state index in [1.165, 1.54) is 18.4 Å². The molecule has 0 unspecified atom stereocenters. The van der Waals surface area contributed by atoms with E-state index < -0.39 is 5.60 Å². The Hall–Kier alpha value is -1.35. The molecule has 1 aromatic carbocycles. The number of aryl methyl sites for hydroxylation is 1. The van der Waals surface area contributed by atoms with E-state index >= 15 is 0 Å². The van der Waals surface area contributed by atoms with Gasteiger partial charge in [-0.1, -0.05) is 25.5 Å². The van der Waals surface area contributed by atoms with E-state index in [0.29, 0.717) is 12.1 Å². The van der Waals surface area contributed by atoms with Crippen LogP contribution in [0.4, 0.5) is 0 Å². The molecule has 0 spiro atoms. The summed E-state index contributed by atoms with van der Waals surface area (Å²) >= 11 is 0. The molecule has 0 aliphatic heterocycles. The van der Waals surface area contributed by atoms with Crippen LogP contribution in [0.15, 0.2) is 24.3 Å². The van der Waals surface area contributed by atoms with E-state index in [9.17, 15) is 9.90 Å². The van der Waals surface area contributed by atoms with Gasteiger partial charge < -0.3 is 10.4 Å². The summed E-state index contributed by atoms with van der Waals surface area (Å²) in [5, 5.41) is 12.7. The van der Waals surface area contributed by atoms with Crippen LogP contribution in [0.3, 0.4) is 0 Å². The summed E-state index contributed by atoms with van der Waals surface area (Å²) in [5.74, 6) is -0.0950. The number of hydrogen-bond acceptors (Lipinski definition) is 2. The molecule has 1 aromatic rings. The normalized spacial score (nSPS) is 16.7. The lowest BCUT2D eigenvalue weighted by molar-refractivity contribution is -0.0300. The molecule has 0 saturated heterocycles. The van der Waals surface area contributed by atoms with Crippen molar-refractivity contribution in [2.75, 3.05) is 6.54 Å². The zero-order chi connectivity index (χ0) is 13.7. The molecule has 1 aliphatic rings. The molecule has 0 bridgehead atoms. The maximum Gasteiger partial charge on any atom is 0.251 e. The third kappa shape index (κ3) is 3.80. The molecule has 3 nitrogen and oxygen atoms in total. The van der Waals surface area contributed by atoms with E-state index in [0.717, 1.165) is 25.7 Å². The molecule has 0 heterocycles. The molecule has 1 aliphatic carbocycles. The number of aliphatic hydroxyl groups is 1. The van der Waals surface area contributed by atoms with Crippen molar-refractivity contribution in [1.82, 2.24) is 5.32 Å². The summed E-state index contributed by atoms with van der Waals surface area (Å²) in [6.45, 7) is 2.54. The molecule has 0 aromatic heterocycles. The Morgan fingerprint density at radius 2 is 2.00 bits per heavy atom. The Kier molecular flexibility index (Phi) is 4.59. The SMILES string of the molecule is CCCCc1ccc(C(=O)NCC2(O)CCC2)cc1. The number of hydrogen-bond donors (Lipinski definition) is 2. The fraction of sp³-hybridized carbons (Fsp3) is 0.562. The number of benzene rings is 1. The Bertz CT molecular complexity index is 421. The summed E-state index contributed by atoms with van der Waals surface area (Å²) in [4.78, 5) is 11.9. The van der Waals surface area contributed by atoms with Crippen molar-refractivity contribution in [3.8, 4) is 0 Å². The molecule has 104 valence electrons. The maximum absolute atomic E-state index is 11.9. The van der Waals surface area contributed by atoms with Crippen molar-refractivity contribution in [1.29, 1.82) is 0 Å². The molecule has 3 heteroatoms. The fourth-order valence-corrected chi connectivity index (χ4v) is 2.31. The first kappa shape index (κ1) is 14.1. The van der Waals surface area contributed by atoms with Gasteiger partial charge in [-0.3, -0.25) is 4.79 Å². The first-order valence-corrected chi connectivity index (χ1v) is 7.22. The molecule has 2 N–H and O–H groups in total. The molecule has 1 fully saturated rings. The lowest BCUT2D eigenvalue weighted by Gasteiger charge is -2.36. The first-order valence-electron chi connectivity index (χ1n) is 7.22. The van der Waals surface area contributed by atoms with Crippen LogP contribution in [-0.2, 0) is 6.42 Å². The van der Waals surface area contributed by atoms with Crippen LogP contribution in [0.1, 0.15) is 54.9 Å². The molecule has 19 heavy (non-hydrogen) atoms. The second kappa shape index (κ2) is 6.20. The average Bonchev–Trinajstić information content (AvgIpc) is 2.41. The first-order chi connectivity index (χ1) is 9.13. The van der Waals surface area contributed by atoms with Crippen molar-refractivity contribution in [2.24, 2.45) is 0 Å². The second-order valence-corrected chi connectivity index (χ2v) is 5.56. The summed E-state index contributed by atoms with van der Waals surface area (Å²) in [5.41, 5.74) is 1.29. The Balaban J connectivity index is 1.84. The van der Waals surface area contributed by atoms with Gasteiger partial charge in [0.25, 0.3) is 5.91 Å². The van der Waals surface area contributed by atoms with Gasteiger partial charge in [-0.15, -0.1) is 0 Å². The summed E-state index contributed by atoms with van der Waals surface area (Å²) < 4.78 is 0. The molecular formula is C16H23NO2. The van der Waals surface area contributed by atoms with Crippen LogP contribution >= 0.6 is 0 Å². The minimum Gasteiger partial charge on any atom is -0.388 e. The molecule has 1 saturated carbocycles. The molecule has 1 amide bonds. The maximum atomic E-state index is 11.9. The Labute approximate surface area is 115 Å². The van der Waals surface area contributed by atoms with E-state index in [1.54, 1.807) is 0 Å². The van der Waals surface area contributed by atoms with E-state index in [4.69, 9.17) is 0 Å². The quantitative estimate of drug-likeness (QED) is 0.827. The van der Waals surface area contributed by atoms with Gasteiger partial charge >= 0.3 is 0 Å². The molecule has 2 rings (SSSR count). The van der Waals surface area contributed by atoms with Gasteiger partial charge in [-0.25, -0.2) is 0 Å². The van der Waals surface area contributed by atoms with Gasteiger partial charge in [0.2, 0.25) is 0 Å². The topological polar surface area (TPSA) is 49.3 Å². The van der Waals surface area contributed by atoms with Crippen LogP contribution in [0.2, 0.25) is 0 Å². The van der Waals surface area contributed by atoms with Crippen molar-refractivity contribution >= 4 is 5.91 Å².